The Hall–Kier alpha value is -1.50. The minimum absolute atomic E-state index is 0.0133. The van der Waals surface area contributed by atoms with E-state index < -0.39 is 0 Å². The van der Waals surface area contributed by atoms with Gasteiger partial charge in [-0.25, -0.2) is 4.99 Å². The van der Waals surface area contributed by atoms with Crippen molar-refractivity contribution in [2.45, 2.75) is 32.8 Å². The Morgan fingerprint density at radius 1 is 1.25 bits per heavy atom. The monoisotopic (exact) mass is 410 g/mol. The van der Waals surface area contributed by atoms with Crippen LogP contribution in [0.5, 0.6) is 5.75 Å². The van der Waals surface area contributed by atoms with Crippen molar-refractivity contribution < 1.29 is 9.47 Å². The number of rotatable bonds is 10. The van der Waals surface area contributed by atoms with Crippen molar-refractivity contribution in [3.63, 3.8) is 0 Å². The Labute approximate surface area is 174 Å². The van der Waals surface area contributed by atoms with Crippen LogP contribution in [0, 0.1) is 5.92 Å². The van der Waals surface area contributed by atoms with Gasteiger partial charge in [0.15, 0.2) is 5.96 Å². The molecule has 1 aliphatic rings. The van der Waals surface area contributed by atoms with Crippen molar-refractivity contribution >= 4 is 17.6 Å². The summed E-state index contributed by atoms with van der Waals surface area (Å²) in [6, 6.07) is 7.42. The van der Waals surface area contributed by atoms with Crippen LogP contribution in [-0.2, 0) is 4.74 Å². The number of guanidine groups is 1. The lowest BCUT2D eigenvalue weighted by Gasteiger charge is -2.32. The summed E-state index contributed by atoms with van der Waals surface area (Å²) in [5.41, 5.74) is 0. The molecule has 0 aliphatic carbocycles. The van der Waals surface area contributed by atoms with Crippen molar-refractivity contribution in [1.82, 2.24) is 15.5 Å². The van der Waals surface area contributed by atoms with Crippen LogP contribution < -0.4 is 15.4 Å². The van der Waals surface area contributed by atoms with E-state index in [4.69, 9.17) is 21.1 Å². The fourth-order valence-electron chi connectivity index (χ4n) is 3.22. The van der Waals surface area contributed by atoms with Gasteiger partial charge in [0.2, 0.25) is 0 Å². The summed E-state index contributed by atoms with van der Waals surface area (Å²) < 4.78 is 11.1. The molecule has 7 heteroatoms. The number of hydrogen-bond acceptors (Lipinski definition) is 4. The first kappa shape index (κ1) is 22.8. The number of aliphatic imine (C=N–C) groups is 1. The van der Waals surface area contributed by atoms with Gasteiger partial charge in [0.25, 0.3) is 0 Å². The molecule has 1 fully saturated rings. The van der Waals surface area contributed by atoms with Gasteiger partial charge >= 0.3 is 0 Å². The highest BCUT2D eigenvalue weighted by molar-refractivity contribution is 6.30. The number of nitrogens with zero attached hydrogens (tertiary/aromatic N) is 2. The predicted octanol–water partition coefficient (Wildman–Crippen LogP) is 3.02. The van der Waals surface area contributed by atoms with Crippen molar-refractivity contribution in [2.24, 2.45) is 10.9 Å². The molecular weight excluding hydrogens is 376 g/mol. The number of hydrogen-bond donors (Lipinski definition) is 2. The first-order chi connectivity index (χ1) is 13.6. The van der Waals surface area contributed by atoms with Gasteiger partial charge in [-0.1, -0.05) is 11.6 Å². The van der Waals surface area contributed by atoms with Crippen LogP contribution >= 0.6 is 11.6 Å². The zero-order valence-electron chi connectivity index (χ0n) is 17.4. The summed E-state index contributed by atoms with van der Waals surface area (Å²) in [6.07, 6.45) is 2.42. The molecule has 1 aromatic carbocycles. The number of ether oxygens (including phenoxy) is 2. The molecule has 0 radical (unpaired) electrons. The molecule has 0 spiro atoms. The number of methoxy groups -OCH3 is 1. The van der Waals surface area contributed by atoms with Gasteiger partial charge in [-0.2, -0.15) is 0 Å². The van der Waals surface area contributed by atoms with E-state index in [0.717, 1.165) is 51.0 Å². The Morgan fingerprint density at radius 2 is 1.96 bits per heavy atom. The van der Waals surface area contributed by atoms with Crippen LogP contribution in [0.25, 0.3) is 0 Å². The molecule has 28 heavy (non-hydrogen) atoms. The van der Waals surface area contributed by atoms with Crippen LogP contribution in [0.15, 0.2) is 29.3 Å². The molecule has 1 aliphatic heterocycles. The minimum atomic E-state index is -0.0133. The largest absolute Gasteiger partial charge is 0.489 e. The third-order valence-corrected chi connectivity index (χ3v) is 5.13. The second-order valence-electron chi connectivity index (χ2n) is 7.26. The highest BCUT2D eigenvalue weighted by atomic mass is 35.5. The van der Waals surface area contributed by atoms with Crippen LogP contribution in [0.3, 0.4) is 0 Å². The van der Waals surface area contributed by atoms with Gasteiger partial charge in [0.05, 0.1) is 13.2 Å². The number of nitrogens with one attached hydrogen (secondary N) is 2. The van der Waals surface area contributed by atoms with E-state index in [-0.39, 0.29) is 6.10 Å². The molecule has 2 rings (SSSR count). The average Bonchev–Trinajstić information content (AvgIpc) is 2.71. The summed E-state index contributed by atoms with van der Waals surface area (Å²) in [7, 11) is 1.76. The van der Waals surface area contributed by atoms with E-state index in [2.05, 4.69) is 27.4 Å². The Morgan fingerprint density at radius 3 is 2.61 bits per heavy atom. The van der Waals surface area contributed by atoms with Crippen LogP contribution in [0.4, 0.5) is 0 Å². The van der Waals surface area contributed by atoms with Crippen molar-refractivity contribution in [3.05, 3.63) is 29.3 Å². The Kier molecular flexibility index (Phi) is 10.5. The van der Waals surface area contributed by atoms with E-state index in [0.29, 0.717) is 17.5 Å². The molecule has 1 heterocycles. The number of halogens is 1. The zero-order chi connectivity index (χ0) is 20.2. The maximum Gasteiger partial charge on any atom is 0.191 e. The SMILES string of the molecule is CCNC(=NCC(C)Oc1ccc(Cl)cc1)NCC1CCN(CCOC)CC1. The molecule has 6 nitrogen and oxygen atoms in total. The molecule has 1 aromatic rings. The van der Waals surface area contributed by atoms with Crippen LogP contribution in [0.2, 0.25) is 5.02 Å². The molecule has 158 valence electrons. The maximum atomic E-state index is 5.91. The smallest absolute Gasteiger partial charge is 0.191 e. The Balaban J connectivity index is 1.73. The number of likely N-dealkylation sites (tertiary alicyclic amines) is 1. The quantitative estimate of drug-likeness (QED) is 0.458. The highest BCUT2D eigenvalue weighted by Crippen LogP contribution is 2.17. The van der Waals surface area contributed by atoms with Gasteiger partial charge in [-0.3, -0.25) is 0 Å². The van der Waals surface area contributed by atoms with Crippen molar-refractivity contribution in [2.75, 3.05) is 53.0 Å². The zero-order valence-corrected chi connectivity index (χ0v) is 18.2. The average molecular weight is 411 g/mol. The fourth-order valence-corrected chi connectivity index (χ4v) is 3.35. The summed E-state index contributed by atoms with van der Waals surface area (Å²) in [5, 5.41) is 7.53. The first-order valence-corrected chi connectivity index (χ1v) is 10.6. The lowest BCUT2D eigenvalue weighted by molar-refractivity contribution is 0.121. The van der Waals surface area contributed by atoms with E-state index in [1.165, 1.54) is 12.8 Å². The normalized spacial score (nSPS) is 17.4. The van der Waals surface area contributed by atoms with E-state index in [1.807, 2.05) is 31.2 Å². The lowest BCUT2D eigenvalue weighted by atomic mass is 9.97. The molecule has 0 saturated carbocycles. The van der Waals surface area contributed by atoms with Gasteiger partial charge in [-0.05, 0) is 70.0 Å². The summed E-state index contributed by atoms with van der Waals surface area (Å²) in [6.45, 7) is 10.6. The van der Waals surface area contributed by atoms with Crippen molar-refractivity contribution in [3.8, 4) is 5.75 Å². The lowest BCUT2D eigenvalue weighted by Crippen LogP contribution is -2.43. The molecule has 0 amide bonds. The van der Waals surface area contributed by atoms with Crippen LogP contribution in [-0.4, -0.2) is 69.9 Å². The summed E-state index contributed by atoms with van der Waals surface area (Å²) in [4.78, 5) is 7.16. The topological polar surface area (TPSA) is 58.1 Å². The molecule has 1 atom stereocenters. The fraction of sp³-hybridized carbons (Fsp3) is 0.667. The predicted molar refractivity (Wildman–Crippen MR) is 117 cm³/mol. The standard InChI is InChI=1S/C21H35ClN4O2/c1-4-23-21(24-15-17(2)28-20-7-5-19(22)6-8-20)25-16-18-9-11-26(12-10-18)13-14-27-3/h5-8,17-18H,4,9-16H2,1-3H3,(H2,23,24,25). The summed E-state index contributed by atoms with van der Waals surface area (Å²) in [5.74, 6) is 2.35. The van der Waals surface area contributed by atoms with Gasteiger partial charge in [0, 0.05) is 31.8 Å². The number of piperidine rings is 1. The van der Waals surface area contributed by atoms with E-state index in [1.54, 1.807) is 7.11 Å². The first-order valence-electron chi connectivity index (χ1n) is 10.3. The third kappa shape index (κ3) is 8.67. The van der Waals surface area contributed by atoms with E-state index >= 15 is 0 Å². The molecule has 2 N–H and O–H groups in total. The van der Waals surface area contributed by atoms with E-state index in [9.17, 15) is 0 Å². The molecule has 0 bridgehead atoms. The van der Waals surface area contributed by atoms with Crippen LogP contribution in [0.1, 0.15) is 26.7 Å². The maximum absolute atomic E-state index is 5.91. The number of benzene rings is 1. The second-order valence-corrected chi connectivity index (χ2v) is 7.70. The minimum Gasteiger partial charge on any atom is -0.489 e. The van der Waals surface area contributed by atoms with Gasteiger partial charge in [0.1, 0.15) is 11.9 Å². The van der Waals surface area contributed by atoms with Gasteiger partial charge < -0.3 is 25.0 Å². The molecule has 0 aromatic heterocycles. The Bertz CT molecular complexity index is 574. The molecular formula is C21H35ClN4O2. The third-order valence-electron chi connectivity index (χ3n) is 4.88. The highest BCUT2D eigenvalue weighted by Gasteiger charge is 2.19. The molecule has 1 saturated heterocycles. The van der Waals surface area contributed by atoms with Gasteiger partial charge in [-0.15, -0.1) is 0 Å². The molecule has 1 unspecified atom stereocenters. The second kappa shape index (κ2) is 12.9. The summed E-state index contributed by atoms with van der Waals surface area (Å²) >= 11 is 5.91. The van der Waals surface area contributed by atoms with Crippen molar-refractivity contribution in [1.29, 1.82) is 0 Å².